The average molecular weight is 323 g/mol. The number of thioether (sulfide) groups is 1. The third-order valence-electron chi connectivity index (χ3n) is 2.46. The molecule has 0 amide bonds. The second-order valence-electron chi connectivity index (χ2n) is 3.94. The van der Waals surface area contributed by atoms with Gasteiger partial charge in [0.05, 0.1) is 5.02 Å². The van der Waals surface area contributed by atoms with Crippen molar-refractivity contribution in [2.75, 3.05) is 25.1 Å². The van der Waals surface area contributed by atoms with E-state index in [1.54, 1.807) is 23.9 Å². The van der Waals surface area contributed by atoms with Crippen LogP contribution in [0.25, 0.3) is 0 Å². The van der Waals surface area contributed by atoms with Crippen molar-refractivity contribution in [3.63, 3.8) is 0 Å². The molecular formula is C12H19ClN2O2S2. The summed E-state index contributed by atoms with van der Waals surface area (Å²) < 4.78 is 26.8. The van der Waals surface area contributed by atoms with E-state index in [2.05, 4.69) is 10.0 Å². The molecular weight excluding hydrogens is 304 g/mol. The smallest absolute Gasteiger partial charge is 0.242 e. The standard InChI is InChI=1S/C12H19ClN2O2S2/c1-3-14-9-10-4-5-11(13)12(8-10)19(16,17)15-6-7-18-2/h4-5,8,14-15H,3,6-7,9H2,1-2H3. The Hall–Kier alpha value is -0.270. The van der Waals surface area contributed by atoms with Crippen LogP contribution in [0, 0.1) is 0 Å². The Bertz CT molecular complexity index is 506. The van der Waals surface area contributed by atoms with Crippen LogP contribution in [-0.4, -0.2) is 33.5 Å². The monoisotopic (exact) mass is 322 g/mol. The molecule has 0 fully saturated rings. The lowest BCUT2D eigenvalue weighted by atomic mass is 10.2. The van der Waals surface area contributed by atoms with Crippen molar-refractivity contribution in [2.45, 2.75) is 18.4 Å². The average Bonchev–Trinajstić information content (AvgIpc) is 2.37. The maximum absolute atomic E-state index is 12.1. The van der Waals surface area contributed by atoms with Crippen LogP contribution >= 0.6 is 23.4 Å². The molecule has 0 saturated carbocycles. The van der Waals surface area contributed by atoms with Crippen molar-refractivity contribution < 1.29 is 8.42 Å². The normalized spacial score (nSPS) is 11.7. The van der Waals surface area contributed by atoms with E-state index < -0.39 is 10.0 Å². The Morgan fingerprint density at radius 1 is 1.37 bits per heavy atom. The van der Waals surface area contributed by atoms with E-state index in [0.717, 1.165) is 17.9 Å². The largest absolute Gasteiger partial charge is 0.313 e. The van der Waals surface area contributed by atoms with E-state index in [9.17, 15) is 8.42 Å². The fourth-order valence-corrected chi connectivity index (χ4v) is 3.50. The van der Waals surface area contributed by atoms with Crippen LogP contribution in [0.4, 0.5) is 0 Å². The molecule has 1 aromatic rings. The lowest BCUT2D eigenvalue weighted by Gasteiger charge is -2.10. The summed E-state index contributed by atoms with van der Waals surface area (Å²) in [5, 5.41) is 3.40. The molecule has 0 saturated heterocycles. The van der Waals surface area contributed by atoms with E-state index in [1.807, 2.05) is 19.2 Å². The van der Waals surface area contributed by atoms with Crippen molar-refractivity contribution in [3.8, 4) is 0 Å². The Labute approximate surface area is 124 Å². The minimum atomic E-state index is -3.53. The second-order valence-corrected chi connectivity index (χ2v) is 7.06. The number of hydrogen-bond donors (Lipinski definition) is 2. The summed E-state index contributed by atoms with van der Waals surface area (Å²) in [5.74, 6) is 0.730. The molecule has 7 heteroatoms. The molecule has 4 nitrogen and oxygen atoms in total. The lowest BCUT2D eigenvalue weighted by molar-refractivity contribution is 0.584. The zero-order valence-electron chi connectivity index (χ0n) is 11.1. The number of benzene rings is 1. The van der Waals surface area contributed by atoms with Gasteiger partial charge in [-0.2, -0.15) is 11.8 Å². The van der Waals surface area contributed by atoms with Gasteiger partial charge in [-0.25, -0.2) is 13.1 Å². The van der Waals surface area contributed by atoms with Crippen LogP contribution < -0.4 is 10.0 Å². The minimum Gasteiger partial charge on any atom is -0.313 e. The lowest BCUT2D eigenvalue weighted by Crippen LogP contribution is -2.26. The molecule has 0 radical (unpaired) electrons. The predicted molar refractivity (Wildman–Crippen MR) is 82.4 cm³/mol. The third-order valence-corrected chi connectivity index (χ3v) is 5.02. The number of halogens is 1. The van der Waals surface area contributed by atoms with Crippen molar-refractivity contribution in [1.29, 1.82) is 0 Å². The third kappa shape index (κ3) is 5.31. The maximum atomic E-state index is 12.1. The van der Waals surface area contributed by atoms with Gasteiger partial charge in [0, 0.05) is 18.8 Å². The molecule has 0 aliphatic heterocycles. The summed E-state index contributed by atoms with van der Waals surface area (Å²) in [6, 6.07) is 5.07. The number of rotatable bonds is 8. The number of sulfonamides is 1. The molecule has 0 aliphatic carbocycles. The molecule has 108 valence electrons. The van der Waals surface area contributed by atoms with Gasteiger partial charge in [0.25, 0.3) is 0 Å². The van der Waals surface area contributed by atoms with Crippen LogP contribution in [0.1, 0.15) is 12.5 Å². The molecule has 19 heavy (non-hydrogen) atoms. The van der Waals surface area contributed by atoms with Gasteiger partial charge in [0.2, 0.25) is 10.0 Å². The van der Waals surface area contributed by atoms with Crippen molar-refractivity contribution in [1.82, 2.24) is 10.0 Å². The van der Waals surface area contributed by atoms with Crippen LogP contribution in [-0.2, 0) is 16.6 Å². The van der Waals surface area contributed by atoms with E-state index >= 15 is 0 Å². The summed E-state index contributed by atoms with van der Waals surface area (Å²) in [5.41, 5.74) is 0.900. The number of hydrogen-bond acceptors (Lipinski definition) is 4. The molecule has 0 aliphatic rings. The van der Waals surface area contributed by atoms with Gasteiger partial charge in [0.15, 0.2) is 0 Å². The summed E-state index contributed by atoms with van der Waals surface area (Å²) in [7, 11) is -3.53. The first-order valence-electron chi connectivity index (χ1n) is 5.99. The van der Waals surface area contributed by atoms with Gasteiger partial charge in [0.1, 0.15) is 4.90 Å². The quantitative estimate of drug-likeness (QED) is 0.720. The molecule has 0 aromatic heterocycles. The zero-order chi connectivity index (χ0) is 14.3. The molecule has 0 spiro atoms. The van der Waals surface area contributed by atoms with Gasteiger partial charge in [-0.05, 0) is 30.5 Å². The van der Waals surface area contributed by atoms with Gasteiger partial charge in [-0.1, -0.05) is 24.6 Å². The van der Waals surface area contributed by atoms with Crippen molar-refractivity contribution in [3.05, 3.63) is 28.8 Å². The SMILES string of the molecule is CCNCc1ccc(Cl)c(S(=O)(=O)NCCSC)c1. The fourth-order valence-electron chi connectivity index (χ4n) is 1.49. The molecule has 0 bridgehead atoms. The van der Waals surface area contributed by atoms with Crippen LogP contribution in [0.2, 0.25) is 5.02 Å². The first kappa shape index (κ1) is 16.8. The van der Waals surface area contributed by atoms with Gasteiger partial charge < -0.3 is 5.32 Å². The topological polar surface area (TPSA) is 58.2 Å². The Morgan fingerprint density at radius 3 is 2.74 bits per heavy atom. The summed E-state index contributed by atoms with van der Waals surface area (Å²) in [6.07, 6.45) is 1.93. The Kier molecular flexibility index (Phi) is 7.17. The highest BCUT2D eigenvalue weighted by atomic mass is 35.5. The molecule has 1 aromatic carbocycles. The first-order chi connectivity index (χ1) is 9.01. The minimum absolute atomic E-state index is 0.144. The predicted octanol–water partition coefficient (Wildman–Crippen LogP) is 2.09. The molecule has 0 atom stereocenters. The molecule has 1 rings (SSSR count). The summed E-state index contributed by atoms with van der Waals surface area (Å²) in [6.45, 7) is 3.85. The highest BCUT2D eigenvalue weighted by Gasteiger charge is 2.17. The van der Waals surface area contributed by atoms with Gasteiger partial charge in [-0.15, -0.1) is 0 Å². The van der Waals surface area contributed by atoms with E-state index in [0.29, 0.717) is 13.1 Å². The number of nitrogens with one attached hydrogen (secondary N) is 2. The highest BCUT2D eigenvalue weighted by molar-refractivity contribution is 7.98. The molecule has 2 N–H and O–H groups in total. The Morgan fingerprint density at radius 2 is 2.11 bits per heavy atom. The van der Waals surface area contributed by atoms with E-state index in [1.165, 1.54) is 0 Å². The maximum Gasteiger partial charge on any atom is 0.242 e. The van der Waals surface area contributed by atoms with Gasteiger partial charge in [-0.3, -0.25) is 0 Å². The van der Waals surface area contributed by atoms with E-state index in [-0.39, 0.29) is 9.92 Å². The fraction of sp³-hybridized carbons (Fsp3) is 0.500. The van der Waals surface area contributed by atoms with Crippen LogP contribution in [0.15, 0.2) is 23.1 Å². The Balaban J connectivity index is 2.91. The first-order valence-corrected chi connectivity index (χ1v) is 9.24. The van der Waals surface area contributed by atoms with E-state index in [4.69, 9.17) is 11.6 Å². The summed E-state index contributed by atoms with van der Waals surface area (Å²) in [4.78, 5) is 0.144. The van der Waals surface area contributed by atoms with Crippen LogP contribution in [0.5, 0.6) is 0 Å². The van der Waals surface area contributed by atoms with Crippen molar-refractivity contribution in [2.24, 2.45) is 0 Å². The highest BCUT2D eigenvalue weighted by Crippen LogP contribution is 2.22. The van der Waals surface area contributed by atoms with Crippen LogP contribution in [0.3, 0.4) is 0 Å². The molecule has 0 unspecified atom stereocenters. The van der Waals surface area contributed by atoms with Gasteiger partial charge >= 0.3 is 0 Å². The zero-order valence-corrected chi connectivity index (χ0v) is 13.5. The molecule has 0 heterocycles. The van der Waals surface area contributed by atoms with Crippen molar-refractivity contribution >= 4 is 33.4 Å². The second kappa shape index (κ2) is 8.11. The summed E-state index contributed by atoms with van der Waals surface area (Å²) >= 11 is 7.57.